The summed E-state index contributed by atoms with van der Waals surface area (Å²) in [6, 6.07) is 17.5. The highest BCUT2D eigenvalue weighted by Crippen LogP contribution is 2.31. The summed E-state index contributed by atoms with van der Waals surface area (Å²) in [6.07, 6.45) is 5.88. The Hall–Kier alpha value is -1.56. The molecule has 0 aromatic heterocycles. The fraction of sp³-hybridized carbons (Fsp3) is 0.409. The Morgan fingerprint density at radius 2 is 1.55 bits per heavy atom. The fourth-order valence-electron chi connectivity index (χ4n) is 3.27. The van der Waals surface area contributed by atoms with Crippen molar-refractivity contribution in [2.24, 2.45) is 0 Å². The van der Waals surface area contributed by atoms with Crippen LogP contribution in [0, 0.1) is 13.8 Å². The van der Waals surface area contributed by atoms with Crippen molar-refractivity contribution in [3.8, 4) is 0 Å². The fourth-order valence-corrected chi connectivity index (χ4v) is 3.27. The van der Waals surface area contributed by atoms with Gasteiger partial charge in [0.1, 0.15) is 0 Å². The molecular formula is C22H29. The summed E-state index contributed by atoms with van der Waals surface area (Å²) in [5, 5.41) is 0. The third-order valence-electron chi connectivity index (χ3n) is 4.73. The lowest BCUT2D eigenvalue weighted by Crippen LogP contribution is -2.19. The lowest BCUT2D eigenvalue weighted by molar-refractivity contribution is 0.494. The van der Waals surface area contributed by atoms with Crippen molar-refractivity contribution < 1.29 is 0 Å². The zero-order chi connectivity index (χ0) is 16.0. The number of benzene rings is 2. The summed E-state index contributed by atoms with van der Waals surface area (Å²) in [6.45, 7) is 11.2. The van der Waals surface area contributed by atoms with E-state index in [9.17, 15) is 0 Å². The largest absolute Gasteiger partial charge is 0.0620 e. The van der Waals surface area contributed by atoms with E-state index < -0.39 is 0 Å². The molecule has 0 aliphatic carbocycles. The zero-order valence-electron chi connectivity index (χ0n) is 14.4. The Bertz CT molecular complexity index is 592. The molecule has 0 saturated carbocycles. The standard InChI is InChI=1S/C22H29/c1-5-19-13-8-9-16-21(19)22(3,4)17-11-10-15-20-14-7-6-12-18(20)2/h6-9,12-14,16H,3,5,10-11,15,17H2,1-2,4H3. The first-order chi connectivity index (χ1) is 10.5. The van der Waals surface area contributed by atoms with Gasteiger partial charge in [-0.2, -0.15) is 0 Å². The predicted molar refractivity (Wildman–Crippen MR) is 97.3 cm³/mol. The summed E-state index contributed by atoms with van der Waals surface area (Å²) < 4.78 is 0. The van der Waals surface area contributed by atoms with E-state index in [0.717, 1.165) is 12.8 Å². The third kappa shape index (κ3) is 4.22. The van der Waals surface area contributed by atoms with Crippen molar-refractivity contribution in [1.29, 1.82) is 0 Å². The van der Waals surface area contributed by atoms with Gasteiger partial charge in [0.2, 0.25) is 0 Å². The molecule has 0 aliphatic heterocycles. The van der Waals surface area contributed by atoms with Crippen molar-refractivity contribution in [2.45, 2.75) is 58.3 Å². The topological polar surface area (TPSA) is 0 Å². The maximum Gasteiger partial charge on any atom is -0.00722 e. The molecule has 0 amide bonds. The van der Waals surface area contributed by atoms with Gasteiger partial charge in [-0.15, -0.1) is 0 Å². The molecule has 1 radical (unpaired) electrons. The molecule has 2 rings (SSSR count). The smallest absolute Gasteiger partial charge is 0.00722 e. The molecule has 117 valence electrons. The minimum Gasteiger partial charge on any atom is -0.0620 e. The summed E-state index contributed by atoms with van der Waals surface area (Å²) >= 11 is 0. The van der Waals surface area contributed by atoms with Crippen LogP contribution in [-0.2, 0) is 18.3 Å². The van der Waals surface area contributed by atoms with E-state index in [1.807, 2.05) is 0 Å². The van der Waals surface area contributed by atoms with E-state index in [1.165, 1.54) is 41.5 Å². The van der Waals surface area contributed by atoms with Gasteiger partial charge in [0.15, 0.2) is 0 Å². The quantitative estimate of drug-likeness (QED) is 0.544. The SMILES string of the molecule is [CH2]C(C)(CCCCc1ccccc1C)c1ccccc1CC. The van der Waals surface area contributed by atoms with Gasteiger partial charge in [-0.05, 0) is 67.2 Å². The Morgan fingerprint density at radius 1 is 0.909 bits per heavy atom. The number of unbranched alkanes of at least 4 members (excludes halogenated alkanes) is 1. The average molecular weight is 293 g/mol. The number of aryl methyl sites for hydroxylation is 3. The second-order valence-electron chi connectivity index (χ2n) is 6.70. The van der Waals surface area contributed by atoms with Gasteiger partial charge in [-0.3, -0.25) is 0 Å². The van der Waals surface area contributed by atoms with Gasteiger partial charge >= 0.3 is 0 Å². The molecule has 0 spiro atoms. The van der Waals surface area contributed by atoms with E-state index in [1.54, 1.807) is 0 Å². The molecule has 0 nitrogen and oxygen atoms in total. The number of rotatable bonds is 7. The molecule has 0 bridgehead atoms. The van der Waals surface area contributed by atoms with Crippen LogP contribution in [0.2, 0.25) is 0 Å². The molecule has 0 heterocycles. The highest BCUT2D eigenvalue weighted by atomic mass is 14.3. The first kappa shape index (κ1) is 16.8. The van der Waals surface area contributed by atoms with Crippen molar-refractivity contribution >= 4 is 0 Å². The van der Waals surface area contributed by atoms with Crippen molar-refractivity contribution in [1.82, 2.24) is 0 Å². The third-order valence-corrected chi connectivity index (χ3v) is 4.73. The number of hydrogen-bond donors (Lipinski definition) is 0. The number of hydrogen-bond acceptors (Lipinski definition) is 0. The maximum absolute atomic E-state index is 4.51. The van der Waals surface area contributed by atoms with E-state index in [-0.39, 0.29) is 5.41 Å². The molecule has 2 aromatic carbocycles. The molecule has 1 atom stereocenters. The maximum atomic E-state index is 4.51. The summed E-state index contributed by atoms with van der Waals surface area (Å²) in [4.78, 5) is 0. The monoisotopic (exact) mass is 293 g/mol. The molecule has 0 N–H and O–H groups in total. The highest BCUT2D eigenvalue weighted by molar-refractivity contribution is 5.34. The van der Waals surface area contributed by atoms with Gasteiger partial charge in [0.05, 0.1) is 0 Å². The first-order valence-electron chi connectivity index (χ1n) is 8.53. The predicted octanol–water partition coefficient (Wildman–Crippen LogP) is 6.06. The Labute approximate surface area is 136 Å². The van der Waals surface area contributed by atoms with Crippen LogP contribution in [0.15, 0.2) is 48.5 Å². The minimum absolute atomic E-state index is 0.0261. The van der Waals surface area contributed by atoms with Gasteiger partial charge in [0, 0.05) is 0 Å². The van der Waals surface area contributed by atoms with Crippen LogP contribution < -0.4 is 0 Å². The second-order valence-corrected chi connectivity index (χ2v) is 6.70. The summed E-state index contributed by atoms with van der Waals surface area (Å²) in [5.41, 5.74) is 5.80. The van der Waals surface area contributed by atoms with Crippen LogP contribution in [0.25, 0.3) is 0 Å². The molecule has 1 unspecified atom stereocenters. The van der Waals surface area contributed by atoms with E-state index in [0.29, 0.717) is 0 Å². The van der Waals surface area contributed by atoms with Crippen molar-refractivity contribution in [2.75, 3.05) is 0 Å². The van der Waals surface area contributed by atoms with E-state index in [2.05, 4.69) is 76.2 Å². The van der Waals surface area contributed by atoms with Crippen LogP contribution in [-0.4, -0.2) is 0 Å². The molecule has 0 fully saturated rings. The van der Waals surface area contributed by atoms with Crippen molar-refractivity contribution in [3.05, 3.63) is 77.7 Å². The lowest BCUT2D eigenvalue weighted by atomic mass is 9.77. The van der Waals surface area contributed by atoms with Crippen LogP contribution in [0.3, 0.4) is 0 Å². The molecule has 22 heavy (non-hydrogen) atoms. The zero-order valence-corrected chi connectivity index (χ0v) is 14.4. The van der Waals surface area contributed by atoms with Crippen molar-refractivity contribution in [3.63, 3.8) is 0 Å². The van der Waals surface area contributed by atoms with Gasteiger partial charge in [-0.25, -0.2) is 0 Å². The summed E-state index contributed by atoms with van der Waals surface area (Å²) in [7, 11) is 0. The van der Waals surface area contributed by atoms with Crippen LogP contribution >= 0.6 is 0 Å². The van der Waals surface area contributed by atoms with E-state index >= 15 is 0 Å². The lowest BCUT2D eigenvalue weighted by Gasteiger charge is -2.27. The van der Waals surface area contributed by atoms with Crippen LogP contribution in [0.1, 0.15) is 55.4 Å². The van der Waals surface area contributed by atoms with Gasteiger partial charge in [0.25, 0.3) is 0 Å². The van der Waals surface area contributed by atoms with Gasteiger partial charge < -0.3 is 0 Å². The molecule has 0 aliphatic rings. The molecule has 0 heteroatoms. The Balaban J connectivity index is 1.91. The molecular weight excluding hydrogens is 264 g/mol. The van der Waals surface area contributed by atoms with E-state index in [4.69, 9.17) is 0 Å². The summed E-state index contributed by atoms with van der Waals surface area (Å²) in [5.74, 6) is 0. The highest BCUT2D eigenvalue weighted by Gasteiger charge is 2.22. The Morgan fingerprint density at radius 3 is 2.23 bits per heavy atom. The Kier molecular flexibility index (Phi) is 5.83. The first-order valence-corrected chi connectivity index (χ1v) is 8.53. The second kappa shape index (κ2) is 7.63. The average Bonchev–Trinajstić information content (AvgIpc) is 2.53. The van der Waals surface area contributed by atoms with Gasteiger partial charge in [-0.1, -0.05) is 68.8 Å². The minimum atomic E-state index is 0.0261. The molecule has 2 aromatic rings. The normalized spacial score (nSPS) is 11.6. The van der Waals surface area contributed by atoms with Crippen LogP contribution in [0.5, 0.6) is 0 Å². The van der Waals surface area contributed by atoms with Crippen LogP contribution in [0.4, 0.5) is 0 Å². The molecule has 0 saturated heterocycles.